The first-order chi connectivity index (χ1) is 12.0. The Labute approximate surface area is 156 Å². The molecule has 0 saturated heterocycles. The summed E-state index contributed by atoms with van der Waals surface area (Å²) in [5.74, 6) is 0.758. The molecule has 0 heterocycles. The Morgan fingerprint density at radius 1 is 1.44 bits per heavy atom. The van der Waals surface area contributed by atoms with E-state index in [1.54, 1.807) is 12.1 Å². The number of carbonyl (C=O) groups is 1. The SMILES string of the molecule is CCOc1cc(C#N)cc(Br)c1OCC(=O)NCC(O)C1CCCC1. The van der Waals surface area contributed by atoms with Gasteiger partial charge in [-0.15, -0.1) is 0 Å². The molecule has 1 aliphatic carbocycles. The van der Waals surface area contributed by atoms with Crippen molar-refractivity contribution in [3.8, 4) is 17.6 Å². The van der Waals surface area contributed by atoms with Crippen molar-refractivity contribution in [2.45, 2.75) is 38.7 Å². The van der Waals surface area contributed by atoms with E-state index in [0.29, 0.717) is 28.1 Å². The Morgan fingerprint density at radius 2 is 2.16 bits per heavy atom. The third-order valence-corrected chi connectivity index (χ3v) is 4.83. The van der Waals surface area contributed by atoms with Crippen LogP contribution in [0.25, 0.3) is 0 Å². The highest BCUT2D eigenvalue weighted by Crippen LogP contribution is 2.36. The van der Waals surface area contributed by atoms with Crippen LogP contribution in [0.3, 0.4) is 0 Å². The summed E-state index contributed by atoms with van der Waals surface area (Å²) in [4.78, 5) is 12.0. The lowest BCUT2D eigenvalue weighted by atomic mass is 10.0. The second-order valence-corrected chi connectivity index (χ2v) is 6.89. The molecule has 1 atom stereocenters. The predicted molar refractivity (Wildman–Crippen MR) is 96.5 cm³/mol. The molecular weight excluding hydrogens is 388 g/mol. The second kappa shape index (κ2) is 9.64. The lowest BCUT2D eigenvalue weighted by Gasteiger charge is -2.18. The Kier molecular flexibility index (Phi) is 7.53. The summed E-state index contributed by atoms with van der Waals surface area (Å²) >= 11 is 3.34. The maximum atomic E-state index is 12.0. The van der Waals surface area contributed by atoms with Gasteiger partial charge in [-0.3, -0.25) is 4.79 Å². The van der Waals surface area contributed by atoms with E-state index in [2.05, 4.69) is 21.2 Å². The molecule has 1 aromatic rings. The second-order valence-electron chi connectivity index (χ2n) is 6.03. The maximum Gasteiger partial charge on any atom is 0.258 e. The molecule has 7 heteroatoms. The number of halogens is 1. The minimum absolute atomic E-state index is 0.192. The fraction of sp³-hybridized carbons (Fsp3) is 0.556. The number of carbonyl (C=O) groups excluding carboxylic acids is 1. The zero-order valence-electron chi connectivity index (χ0n) is 14.3. The first-order valence-electron chi connectivity index (χ1n) is 8.49. The summed E-state index contributed by atoms with van der Waals surface area (Å²) in [7, 11) is 0. The Bertz CT molecular complexity index is 639. The number of nitrogens with zero attached hydrogens (tertiary/aromatic N) is 1. The number of amides is 1. The first kappa shape index (κ1) is 19.5. The van der Waals surface area contributed by atoms with Gasteiger partial charge in [-0.25, -0.2) is 0 Å². The normalized spacial score (nSPS) is 15.4. The van der Waals surface area contributed by atoms with E-state index in [0.717, 1.165) is 25.7 Å². The highest BCUT2D eigenvalue weighted by Gasteiger charge is 2.23. The van der Waals surface area contributed by atoms with Crippen LogP contribution >= 0.6 is 15.9 Å². The third kappa shape index (κ3) is 5.62. The lowest BCUT2D eigenvalue weighted by molar-refractivity contribution is -0.123. The molecule has 1 fully saturated rings. The van der Waals surface area contributed by atoms with Crippen molar-refractivity contribution < 1.29 is 19.4 Å². The van der Waals surface area contributed by atoms with Crippen molar-refractivity contribution in [2.75, 3.05) is 19.8 Å². The van der Waals surface area contributed by atoms with Gasteiger partial charge in [0.25, 0.3) is 5.91 Å². The van der Waals surface area contributed by atoms with E-state index in [9.17, 15) is 9.90 Å². The number of hydrogen-bond donors (Lipinski definition) is 2. The summed E-state index contributed by atoms with van der Waals surface area (Å²) < 4.78 is 11.6. The van der Waals surface area contributed by atoms with E-state index in [4.69, 9.17) is 14.7 Å². The van der Waals surface area contributed by atoms with E-state index >= 15 is 0 Å². The van der Waals surface area contributed by atoms with E-state index in [1.807, 2.05) is 13.0 Å². The summed E-state index contributed by atoms with van der Waals surface area (Å²) in [6, 6.07) is 5.23. The van der Waals surface area contributed by atoms with Crippen molar-refractivity contribution in [1.82, 2.24) is 5.32 Å². The summed E-state index contributed by atoms with van der Waals surface area (Å²) in [6.45, 7) is 2.28. The monoisotopic (exact) mass is 410 g/mol. The van der Waals surface area contributed by atoms with Crippen molar-refractivity contribution >= 4 is 21.8 Å². The molecule has 1 unspecified atom stereocenters. The number of aliphatic hydroxyl groups excluding tert-OH is 1. The van der Waals surface area contributed by atoms with Gasteiger partial charge in [0.05, 0.1) is 28.8 Å². The maximum absolute atomic E-state index is 12.0. The van der Waals surface area contributed by atoms with Crippen LogP contribution in [-0.4, -0.2) is 36.9 Å². The molecule has 0 aromatic heterocycles. The van der Waals surface area contributed by atoms with Crippen LogP contribution in [0.2, 0.25) is 0 Å². The van der Waals surface area contributed by atoms with Gasteiger partial charge in [0.15, 0.2) is 18.1 Å². The van der Waals surface area contributed by atoms with Gasteiger partial charge in [-0.2, -0.15) is 5.26 Å². The largest absolute Gasteiger partial charge is 0.490 e. The lowest BCUT2D eigenvalue weighted by Crippen LogP contribution is -2.38. The molecule has 1 saturated carbocycles. The molecule has 1 aliphatic rings. The molecule has 0 aliphatic heterocycles. The standard InChI is InChI=1S/C18H23BrN2O4/c1-2-24-16-8-12(9-20)7-14(19)18(16)25-11-17(23)21-10-15(22)13-5-3-4-6-13/h7-8,13,15,22H,2-6,10-11H2,1H3,(H,21,23). The smallest absolute Gasteiger partial charge is 0.258 e. The number of nitrogens with one attached hydrogen (secondary N) is 1. The number of ether oxygens (including phenoxy) is 2. The van der Waals surface area contributed by atoms with Crippen LogP contribution in [0, 0.1) is 17.2 Å². The predicted octanol–water partition coefficient (Wildman–Crippen LogP) is 2.77. The molecule has 0 bridgehead atoms. The van der Waals surface area contributed by atoms with Gasteiger partial charge in [-0.1, -0.05) is 12.8 Å². The van der Waals surface area contributed by atoms with E-state index < -0.39 is 6.10 Å². The summed E-state index contributed by atoms with van der Waals surface area (Å²) in [5, 5.41) is 21.8. The van der Waals surface area contributed by atoms with Gasteiger partial charge >= 0.3 is 0 Å². The molecule has 2 N–H and O–H groups in total. The fourth-order valence-corrected chi connectivity index (χ4v) is 3.51. The van der Waals surface area contributed by atoms with Crippen LogP contribution in [0.1, 0.15) is 38.2 Å². The van der Waals surface area contributed by atoms with Crippen molar-refractivity contribution in [2.24, 2.45) is 5.92 Å². The van der Waals surface area contributed by atoms with Gasteiger partial charge < -0.3 is 19.9 Å². The molecular formula is C18H23BrN2O4. The minimum atomic E-state index is -0.507. The molecule has 6 nitrogen and oxygen atoms in total. The highest BCUT2D eigenvalue weighted by molar-refractivity contribution is 9.10. The number of aliphatic hydroxyl groups is 1. The van der Waals surface area contributed by atoms with Crippen LogP contribution in [0.4, 0.5) is 0 Å². The third-order valence-electron chi connectivity index (χ3n) is 4.24. The van der Waals surface area contributed by atoms with Crippen molar-refractivity contribution in [3.63, 3.8) is 0 Å². The summed E-state index contributed by atoms with van der Waals surface area (Å²) in [5.41, 5.74) is 0.437. The zero-order chi connectivity index (χ0) is 18.2. The highest BCUT2D eigenvalue weighted by atomic mass is 79.9. The van der Waals surface area contributed by atoms with Crippen molar-refractivity contribution in [3.05, 3.63) is 22.2 Å². The Morgan fingerprint density at radius 3 is 2.80 bits per heavy atom. The number of nitriles is 1. The van der Waals surface area contributed by atoms with Crippen LogP contribution < -0.4 is 14.8 Å². The molecule has 0 spiro atoms. The average molecular weight is 411 g/mol. The van der Waals surface area contributed by atoms with E-state index in [1.165, 1.54) is 0 Å². The first-order valence-corrected chi connectivity index (χ1v) is 9.28. The van der Waals surface area contributed by atoms with Gasteiger partial charge in [-0.05, 0) is 47.7 Å². The molecule has 25 heavy (non-hydrogen) atoms. The zero-order valence-corrected chi connectivity index (χ0v) is 15.8. The van der Waals surface area contributed by atoms with Gasteiger partial charge in [0, 0.05) is 12.6 Å². The Balaban J connectivity index is 1.89. The molecule has 1 aromatic carbocycles. The van der Waals surface area contributed by atoms with Gasteiger partial charge in [0.1, 0.15) is 0 Å². The van der Waals surface area contributed by atoms with Gasteiger partial charge in [0.2, 0.25) is 0 Å². The fourth-order valence-electron chi connectivity index (χ4n) is 2.95. The topological polar surface area (TPSA) is 91.6 Å². The quantitative estimate of drug-likeness (QED) is 0.687. The molecule has 0 radical (unpaired) electrons. The minimum Gasteiger partial charge on any atom is -0.490 e. The molecule has 1 amide bonds. The molecule has 2 rings (SSSR count). The summed E-state index contributed by atoms with van der Waals surface area (Å²) in [6.07, 6.45) is 3.82. The number of hydrogen-bond acceptors (Lipinski definition) is 5. The number of rotatable bonds is 8. The van der Waals surface area contributed by atoms with E-state index in [-0.39, 0.29) is 25.0 Å². The number of benzene rings is 1. The van der Waals surface area contributed by atoms with Crippen LogP contribution in [-0.2, 0) is 4.79 Å². The van der Waals surface area contributed by atoms with Crippen LogP contribution in [0.15, 0.2) is 16.6 Å². The van der Waals surface area contributed by atoms with Crippen LogP contribution in [0.5, 0.6) is 11.5 Å². The van der Waals surface area contributed by atoms with Crippen molar-refractivity contribution in [1.29, 1.82) is 5.26 Å². The Hall–Kier alpha value is -1.78. The average Bonchev–Trinajstić information content (AvgIpc) is 3.13. The molecule has 136 valence electrons.